The van der Waals surface area contributed by atoms with Gasteiger partial charge in [-0.15, -0.1) is 0 Å². The number of hydrogen-bond acceptors (Lipinski definition) is 6. The number of carbonyl (C=O) groups excluding carboxylic acids is 2. The second-order valence-electron chi connectivity index (χ2n) is 5.26. The highest BCUT2D eigenvalue weighted by atomic mass is 16.6. The predicted octanol–water partition coefficient (Wildman–Crippen LogP) is 2.07. The Morgan fingerprint density at radius 2 is 2.10 bits per heavy atom. The van der Waals surface area contributed by atoms with Crippen molar-refractivity contribution in [3.05, 3.63) is 33.9 Å². The SMILES string of the molecule is CC(C)(C)OC(=O)NC(C=O)c1cc([N+](=O)[O-])ccc1O. The molecule has 1 aromatic rings. The van der Waals surface area contributed by atoms with Crippen molar-refractivity contribution in [1.29, 1.82) is 0 Å². The van der Waals surface area contributed by atoms with Crippen molar-refractivity contribution in [2.75, 3.05) is 0 Å². The zero-order valence-corrected chi connectivity index (χ0v) is 11.8. The summed E-state index contributed by atoms with van der Waals surface area (Å²) in [7, 11) is 0. The maximum atomic E-state index is 11.6. The summed E-state index contributed by atoms with van der Waals surface area (Å²) in [5.74, 6) is -0.339. The van der Waals surface area contributed by atoms with E-state index in [9.17, 15) is 24.8 Å². The number of nitro benzene ring substituents is 1. The lowest BCUT2D eigenvalue weighted by Crippen LogP contribution is -2.35. The molecule has 1 amide bonds. The Bertz CT molecular complexity index is 564. The van der Waals surface area contributed by atoms with Crippen molar-refractivity contribution in [3.63, 3.8) is 0 Å². The van der Waals surface area contributed by atoms with Crippen molar-refractivity contribution < 1.29 is 24.4 Å². The number of nitro groups is 1. The molecule has 0 saturated carbocycles. The number of phenolic OH excluding ortho intramolecular Hbond substituents is 1. The zero-order chi connectivity index (χ0) is 16.2. The van der Waals surface area contributed by atoms with Crippen molar-refractivity contribution in [2.45, 2.75) is 32.4 Å². The molecule has 0 radical (unpaired) electrons. The van der Waals surface area contributed by atoms with E-state index in [1.165, 1.54) is 0 Å². The van der Waals surface area contributed by atoms with E-state index < -0.39 is 22.7 Å². The Kier molecular flexibility index (Phi) is 4.85. The van der Waals surface area contributed by atoms with Gasteiger partial charge in [0.15, 0.2) is 0 Å². The number of carbonyl (C=O) groups is 2. The molecule has 2 N–H and O–H groups in total. The number of aldehydes is 1. The number of nitrogens with zero attached hydrogens (tertiary/aromatic N) is 1. The van der Waals surface area contributed by atoms with Crippen molar-refractivity contribution >= 4 is 18.1 Å². The van der Waals surface area contributed by atoms with Crippen LogP contribution in [0.4, 0.5) is 10.5 Å². The average molecular weight is 296 g/mol. The van der Waals surface area contributed by atoms with E-state index in [1.807, 2.05) is 0 Å². The fraction of sp³-hybridized carbons (Fsp3) is 0.385. The summed E-state index contributed by atoms with van der Waals surface area (Å²) in [5, 5.41) is 22.6. The Labute approximate surface area is 120 Å². The van der Waals surface area contributed by atoms with Crippen LogP contribution in [0, 0.1) is 10.1 Å². The van der Waals surface area contributed by atoms with Crippen LogP contribution >= 0.6 is 0 Å². The summed E-state index contributed by atoms with van der Waals surface area (Å²) in [6, 6.07) is 1.94. The van der Waals surface area contributed by atoms with E-state index in [1.54, 1.807) is 20.8 Å². The minimum absolute atomic E-state index is 0.0786. The van der Waals surface area contributed by atoms with E-state index >= 15 is 0 Å². The lowest BCUT2D eigenvalue weighted by molar-refractivity contribution is -0.385. The Balaban J connectivity index is 3.00. The Morgan fingerprint density at radius 3 is 2.57 bits per heavy atom. The smallest absolute Gasteiger partial charge is 0.408 e. The first-order valence-corrected chi connectivity index (χ1v) is 6.06. The van der Waals surface area contributed by atoms with Gasteiger partial charge in [-0.05, 0) is 26.8 Å². The van der Waals surface area contributed by atoms with Crippen LogP contribution in [0.2, 0.25) is 0 Å². The molecule has 0 aliphatic heterocycles. The molecule has 1 aromatic carbocycles. The molecule has 1 atom stereocenters. The van der Waals surface area contributed by atoms with Crippen LogP contribution in [-0.4, -0.2) is 28.0 Å². The van der Waals surface area contributed by atoms with Gasteiger partial charge in [0.1, 0.15) is 23.7 Å². The van der Waals surface area contributed by atoms with Gasteiger partial charge >= 0.3 is 6.09 Å². The molecule has 114 valence electrons. The fourth-order valence-electron chi connectivity index (χ4n) is 1.52. The molecule has 1 unspecified atom stereocenters. The molecule has 0 spiro atoms. The van der Waals surface area contributed by atoms with Gasteiger partial charge in [0.05, 0.1) is 4.92 Å². The molecule has 0 saturated heterocycles. The number of amides is 1. The highest BCUT2D eigenvalue weighted by molar-refractivity contribution is 5.75. The fourth-order valence-corrected chi connectivity index (χ4v) is 1.52. The van der Waals surface area contributed by atoms with Crippen LogP contribution in [0.15, 0.2) is 18.2 Å². The van der Waals surface area contributed by atoms with Gasteiger partial charge in [0, 0.05) is 17.7 Å². The van der Waals surface area contributed by atoms with Crippen LogP contribution in [0.1, 0.15) is 32.4 Å². The van der Waals surface area contributed by atoms with Gasteiger partial charge in [-0.25, -0.2) is 4.79 Å². The number of benzene rings is 1. The first-order chi connectivity index (χ1) is 9.64. The van der Waals surface area contributed by atoms with Crippen molar-refractivity contribution in [1.82, 2.24) is 5.32 Å². The molecule has 0 bridgehead atoms. The molecular weight excluding hydrogens is 280 g/mol. The van der Waals surface area contributed by atoms with Gasteiger partial charge in [-0.3, -0.25) is 10.1 Å². The van der Waals surface area contributed by atoms with Crippen LogP contribution in [0.25, 0.3) is 0 Å². The maximum Gasteiger partial charge on any atom is 0.408 e. The normalized spacial score (nSPS) is 12.3. The minimum Gasteiger partial charge on any atom is -0.508 e. The number of hydrogen-bond donors (Lipinski definition) is 2. The summed E-state index contributed by atoms with van der Waals surface area (Å²) in [6.07, 6.45) is -0.520. The van der Waals surface area contributed by atoms with E-state index in [2.05, 4.69) is 5.32 Å². The first-order valence-electron chi connectivity index (χ1n) is 6.06. The van der Waals surface area contributed by atoms with Crippen LogP contribution < -0.4 is 5.32 Å². The van der Waals surface area contributed by atoms with Crippen molar-refractivity contribution in [2.24, 2.45) is 0 Å². The molecule has 0 fully saturated rings. The van der Waals surface area contributed by atoms with Crippen LogP contribution in [-0.2, 0) is 9.53 Å². The summed E-state index contributed by atoms with van der Waals surface area (Å²) >= 11 is 0. The third-order valence-corrected chi connectivity index (χ3v) is 2.37. The van der Waals surface area contributed by atoms with Gasteiger partial charge in [-0.2, -0.15) is 0 Å². The van der Waals surface area contributed by atoms with E-state index in [-0.39, 0.29) is 17.0 Å². The van der Waals surface area contributed by atoms with Gasteiger partial charge in [-0.1, -0.05) is 0 Å². The molecule has 1 rings (SSSR count). The summed E-state index contributed by atoms with van der Waals surface area (Å²) in [4.78, 5) is 32.8. The third-order valence-electron chi connectivity index (χ3n) is 2.37. The molecule has 0 heterocycles. The van der Waals surface area contributed by atoms with Crippen LogP contribution in [0.3, 0.4) is 0 Å². The summed E-state index contributed by atoms with van der Waals surface area (Å²) in [6.45, 7) is 4.94. The van der Waals surface area contributed by atoms with Crippen molar-refractivity contribution in [3.8, 4) is 5.75 Å². The van der Waals surface area contributed by atoms with E-state index in [0.29, 0.717) is 6.29 Å². The molecule has 0 aromatic heterocycles. The zero-order valence-electron chi connectivity index (χ0n) is 11.8. The topological polar surface area (TPSA) is 119 Å². The largest absolute Gasteiger partial charge is 0.508 e. The quantitative estimate of drug-likeness (QED) is 0.498. The molecule has 0 aliphatic carbocycles. The summed E-state index contributed by atoms with van der Waals surface area (Å²) in [5.41, 5.74) is -1.15. The average Bonchev–Trinajstić information content (AvgIpc) is 2.34. The van der Waals surface area contributed by atoms with E-state index in [0.717, 1.165) is 18.2 Å². The Morgan fingerprint density at radius 1 is 1.48 bits per heavy atom. The molecule has 21 heavy (non-hydrogen) atoms. The standard InChI is InChI=1S/C13H16N2O6/c1-13(2,3)21-12(18)14-10(7-16)9-6-8(15(19)20)4-5-11(9)17/h4-7,10,17H,1-3H3,(H,14,18). The van der Waals surface area contributed by atoms with Crippen LogP contribution in [0.5, 0.6) is 5.75 Å². The Hall–Kier alpha value is -2.64. The lowest BCUT2D eigenvalue weighted by atomic mass is 10.1. The molecule has 8 nitrogen and oxygen atoms in total. The molecule has 8 heteroatoms. The second kappa shape index (κ2) is 6.21. The minimum atomic E-state index is -1.25. The predicted molar refractivity (Wildman–Crippen MR) is 72.9 cm³/mol. The number of alkyl carbamates (subject to hydrolysis) is 1. The highest BCUT2D eigenvalue weighted by Gasteiger charge is 2.23. The highest BCUT2D eigenvalue weighted by Crippen LogP contribution is 2.27. The number of rotatable bonds is 4. The summed E-state index contributed by atoms with van der Waals surface area (Å²) < 4.78 is 4.98. The lowest BCUT2D eigenvalue weighted by Gasteiger charge is -2.21. The first kappa shape index (κ1) is 16.4. The van der Waals surface area contributed by atoms with Gasteiger partial charge in [0.2, 0.25) is 0 Å². The number of non-ortho nitro benzene ring substituents is 1. The van der Waals surface area contributed by atoms with E-state index in [4.69, 9.17) is 4.74 Å². The number of nitrogens with one attached hydrogen (secondary N) is 1. The number of aromatic hydroxyl groups is 1. The van der Waals surface area contributed by atoms with Gasteiger partial charge in [0.25, 0.3) is 5.69 Å². The maximum absolute atomic E-state index is 11.6. The number of phenols is 1. The van der Waals surface area contributed by atoms with Gasteiger partial charge < -0.3 is 20.0 Å². The molecule has 0 aliphatic rings. The monoisotopic (exact) mass is 296 g/mol. The molecular formula is C13H16N2O6. The third kappa shape index (κ3) is 4.75. The second-order valence-corrected chi connectivity index (χ2v) is 5.26. The number of ether oxygens (including phenoxy) is 1.